The van der Waals surface area contributed by atoms with E-state index in [9.17, 15) is 0 Å². The predicted molar refractivity (Wildman–Crippen MR) is 20.9 cm³/mol. The van der Waals surface area contributed by atoms with Crippen molar-refractivity contribution >= 4 is 0 Å². The van der Waals surface area contributed by atoms with Gasteiger partial charge in [-0.3, -0.25) is 0 Å². The summed E-state index contributed by atoms with van der Waals surface area (Å²) < 4.78 is 0.00926. The summed E-state index contributed by atoms with van der Waals surface area (Å²) in [6.45, 7) is 2.08. The van der Waals surface area contributed by atoms with Crippen LogP contribution in [0.5, 0.6) is 0 Å². The van der Waals surface area contributed by atoms with Crippen LogP contribution in [0.15, 0.2) is 0 Å². The van der Waals surface area contributed by atoms with Crippen molar-refractivity contribution in [3.05, 3.63) is 0 Å². The molecule has 0 aliphatic rings. The number of hydrogen-bond donors (Lipinski definition) is 1. The minimum atomic E-state index is 0.00926. The first-order valence-corrected chi connectivity index (χ1v) is 3.99. The van der Waals surface area contributed by atoms with Gasteiger partial charge in [0.25, 0.3) is 0 Å². The van der Waals surface area contributed by atoms with Gasteiger partial charge in [-0.1, -0.05) is 0 Å². The number of aliphatic hydroxyl groups excluding tert-OH is 1. The molecule has 1 nitrogen and oxygen atoms in total. The zero-order chi connectivity index (χ0) is 4.99. The fourth-order valence-electron chi connectivity index (χ4n) is 0.258. The van der Waals surface area contributed by atoms with Crippen molar-refractivity contribution in [3.8, 4) is 0 Å². The Morgan fingerprint density at radius 1 is 1.83 bits per heavy atom. The van der Waals surface area contributed by atoms with E-state index >= 15 is 0 Å². The molecule has 0 rings (SSSR count). The van der Waals surface area contributed by atoms with E-state index in [1.165, 1.54) is 0 Å². The Labute approximate surface area is 50.7 Å². The zero-order valence-electron chi connectivity index (χ0n) is 3.89. The van der Waals surface area contributed by atoms with Gasteiger partial charge < -0.3 is 0 Å². The molecule has 0 aromatic heterocycles. The Kier molecular flexibility index (Phi) is 4.33. The maximum atomic E-state index is 8.60. The summed E-state index contributed by atoms with van der Waals surface area (Å²) in [7, 11) is 0. The molecule has 0 aromatic rings. The van der Waals surface area contributed by atoms with Gasteiger partial charge in [0.05, 0.1) is 0 Å². The van der Waals surface area contributed by atoms with E-state index in [1.807, 2.05) is 0 Å². The molecule has 1 N–H and O–H groups in total. The van der Waals surface area contributed by atoms with Crippen molar-refractivity contribution < 1.29 is 26.2 Å². The van der Waals surface area contributed by atoms with E-state index in [0.29, 0.717) is 0 Å². The summed E-state index contributed by atoms with van der Waals surface area (Å²) in [5.41, 5.74) is 0. The zero-order valence-corrected chi connectivity index (χ0v) is 7.10. The van der Waals surface area contributed by atoms with Crippen LogP contribution in [0.4, 0.5) is 0 Å². The van der Waals surface area contributed by atoms with Crippen LogP contribution in [0.1, 0.15) is 19.8 Å². The molecule has 0 radical (unpaired) electrons. The van der Waals surface area contributed by atoms with Gasteiger partial charge in [0.1, 0.15) is 0 Å². The topological polar surface area (TPSA) is 20.2 Å². The van der Waals surface area contributed by atoms with E-state index in [1.54, 1.807) is 0 Å². The van der Waals surface area contributed by atoms with Gasteiger partial charge in [0, 0.05) is 0 Å². The molecular weight excluding hydrogens is 245 g/mol. The molecule has 6 heavy (non-hydrogen) atoms. The molecule has 0 fully saturated rings. The van der Waals surface area contributed by atoms with E-state index in [0.717, 1.165) is 33.9 Å². The predicted octanol–water partition coefficient (Wildman–Crippen LogP) is 0.652. The molecule has 2 heteroatoms. The van der Waals surface area contributed by atoms with Crippen molar-refractivity contribution in [2.45, 2.75) is 24.1 Å². The summed E-state index contributed by atoms with van der Waals surface area (Å²) in [4.78, 5) is 0. The van der Waals surface area contributed by atoms with Crippen LogP contribution < -0.4 is 0 Å². The van der Waals surface area contributed by atoms with Crippen molar-refractivity contribution in [2.24, 2.45) is 0 Å². The van der Waals surface area contributed by atoms with Crippen LogP contribution in [-0.2, 0) is 21.1 Å². The Hall–Kier alpha value is 0.700. The molecule has 0 aliphatic carbocycles. The number of aliphatic hydroxyl groups is 1. The van der Waals surface area contributed by atoms with Crippen LogP contribution in [-0.4, -0.2) is 9.43 Å². The van der Waals surface area contributed by atoms with Crippen molar-refractivity contribution in [2.75, 3.05) is 0 Å². The van der Waals surface area contributed by atoms with E-state index in [4.69, 9.17) is 5.11 Å². The molecule has 0 amide bonds. The van der Waals surface area contributed by atoms with Crippen LogP contribution in [0.3, 0.4) is 0 Å². The Balaban J connectivity index is 2.63. The van der Waals surface area contributed by atoms with Gasteiger partial charge in [-0.25, -0.2) is 0 Å². The first kappa shape index (κ1) is 6.70. The Morgan fingerprint density at radius 3 is 2.33 bits per heavy atom. The number of rotatable bonds is 2. The van der Waals surface area contributed by atoms with E-state index in [2.05, 4.69) is 6.92 Å². The average molecular weight is 254 g/mol. The van der Waals surface area contributed by atoms with E-state index < -0.39 is 0 Å². The fourth-order valence-corrected chi connectivity index (χ4v) is 1.19. The molecule has 0 heterocycles. The molecule has 1 unspecified atom stereocenters. The Morgan fingerprint density at radius 2 is 2.33 bits per heavy atom. The van der Waals surface area contributed by atoms with Crippen molar-refractivity contribution in [1.29, 1.82) is 0 Å². The van der Waals surface area contributed by atoms with Gasteiger partial charge in [0.2, 0.25) is 0 Å². The summed E-state index contributed by atoms with van der Waals surface area (Å²) in [5.74, 6) is 0. The molecule has 0 saturated heterocycles. The molecule has 1 atom stereocenters. The van der Waals surface area contributed by atoms with Crippen molar-refractivity contribution in [1.82, 2.24) is 0 Å². The third-order valence-electron chi connectivity index (χ3n) is 0.547. The molecular formula is C4H9OTa. The molecule has 0 spiro atoms. The summed E-state index contributed by atoms with van der Waals surface area (Å²) >= 11 is 1.11. The molecule has 36 valence electrons. The van der Waals surface area contributed by atoms with Gasteiger partial charge in [-0.05, 0) is 0 Å². The third kappa shape index (κ3) is 4.70. The standard InChI is InChI=1S/C4H9O.Ta/c1-2-3-4-5;/h4-5H,2-3H2,1H3;. The Bertz CT molecular complexity index is 28.7. The van der Waals surface area contributed by atoms with Crippen LogP contribution in [0.25, 0.3) is 0 Å². The molecule has 0 aliphatic heterocycles. The minimum absolute atomic E-state index is 0.00926. The molecule has 0 saturated carbocycles. The normalized spacial score (nSPS) is 14.3. The quantitative estimate of drug-likeness (QED) is 0.767. The second kappa shape index (κ2) is 3.88. The maximum absolute atomic E-state index is 8.60. The van der Waals surface area contributed by atoms with Crippen LogP contribution >= 0.6 is 0 Å². The average Bonchev–Trinajstić information content (AvgIpc) is 1.35. The van der Waals surface area contributed by atoms with Gasteiger partial charge >= 0.3 is 50.3 Å². The summed E-state index contributed by atoms with van der Waals surface area (Å²) in [6, 6.07) is 0. The van der Waals surface area contributed by atoms with Gasteiger partial charge in [-0.15, -0.1) is 0 Å². The molecule has 0 bridgehead atoms. The first-order valence-electron chi connectivity index (χ1n) is 2.13. The van der Waals surface area contributed by atoms with E-state index in [-0.39, 0.29) is 4.32 Å². The SMILES string of the molecule is CCC[CH](O)[Ta]. The second-order valence-corrected chi connectivity index (χ2v) is 3.41. The third-order valence-corrected chi connectivity index (χ3v) is 1.47. The van der Waals surface area contributed by atoms with Gasteiger partial charge in [-0.2, -0.15) is 0 Å². The van der Waals surface area contributed by atoms with Crippen LogP contribution in [0.2, 0.25) is 0 Å². The van der Waals surface area contributed by atoms with Crippen LogP contribution in [0, 0.1) is 0 Å². The first-order chi connectivity index (χ1) is 2.77. The van der Waals surface area contributed by atoms with Crippen molar-refractivity contribution in [3.63, 3.8) is 0 Å². The fraction of sp³-hybridized carbons (Fsp3) is 1.00. The number of hydrogen-bond acceptors (Lipinski definition) is 1. The molecule has 0 aromatic carbocycles. The summed E-state index contributed by atoms with van der Waals surface area (Å²) in [5, 5.41) is 8.60. The monoisotopic (exact) mass is 254 g/mol. The second-order valence-electron chi connectivity index (χ2n) is 1.27. The summed E-state index contributed by atoms with van der Waals surface area (Å²) in [6.07, 6.45) is 2.09. The van der Waals surface area contributed by atoms with Gasteiger partial charge in [0.15, 0.2) is 0 Å².